The van der Waals surface area contributed by atoms with Gasteiger partial charge in [-0.3, -0.25) is 0 Å². The van der Waals surface area contributed by atoms with Crippen molar-refractivity contribution in [3.8, 4) is 0 Å². The molecule has 3 nitrogen and oxygen atoms in total. The lowest BCUT2D eigenvalue weighted by molar-refractivity contribution is 0.0479. The first-order valence-electron chi connectivity index (χ1n) is 5.23. The number of thiophene rings is 1. The van der Waals surface area contributed by atoms with Crippen molar-refractivity contribution in [1.29, 1.82) is 0 Å². The van der Waals surface area contributed by atoms with E-state index in [1.165, 1.54) is 11.3 Å². The number of hydrogen-bond donors (Lipinski definition) is 1. The van der Waals surface area contributed by atoms with Crippen molar-refractivity contribution in [2.24, 2.45) is 0 Å². The largest absolute Gasteiger partial charge is 0.457 e. The van der Waals surface area contributed by atoms with Gasteiger partial charge in [0.1, 0.15) is 11.5 Å². The van der Waals surface area contributed by atoms with Crippen LogP contribution in [0.1, 0.15) is 20.8 Å². The van der Waals surface area contributed by atoms with Gasteiger partial charge in [0.25, 0.3) is 0 Å². The summed E-state index contributed by atoms with van der Waals surface area (Å²) in [5.41, 5.74) is 8.25. The zero-order valence-corrected chi connectivity index (χ0v) is 10.3. The molecule has 0 radical (unpaired) electrons. The maximum Gasteiger partial charge on any atom is 0.350 e. The van der Waals surface area contributed by atoms with Crippen LogP contribution in [-0.2, 0) is 11.3 Å². The first kappa shape index (κ1) is 11.7. The summed E-state index contributed by atoms with van der Waals surface area (Å²) in [6.45, 7) is 2.27. The molecule has 0 aliphatic heterocycles. The fourth-order valence-corrected chi connectivity index (χ4v) is 2.18. The van der Waals surface area contributed by atoms with Crippen LogP contribution in [0.3, 0.4) is 0 Å². The molecule has 0 spiro atoms. The third-order valence-corrected chi connectivity index (χ3v) is 3.41. The Morgan fingerprint density at radius 2 is 2.12 bits per heavy atom. The Bertz CT molecular complexity index is 534. The van der Waals surface area contributed by atoms with Crippen LogP contribution in [0, 0.1) is 6.92 Å². The molecule has 17 heavy (non-hydrogen) atoms. The molecule has 0 aliphatic rings. The van der Waals surface area contributed by atoms with Crippen LogP contribution in [-0.4, -0.2) is 5.97 Å². The number of nitrogen functional groups attached to an aromatic ring is 1. The molecule has 1 heterocycles. The first-order valence-corrected chi connectivity index (χ1v) is 6.11. The topological polar surface area (TPSA) is 52.3 Å². The van der Waals surface area contributed by atoms with Crippen LogP contribution in [0.2, 0.25) is 0 Å². The highest BCUT2D eigenvalue weighted by Gasteiger charge is 2.12. The molecular formula is C13H13NO2S. The van der Waals surface area contributed by atoms with Crippen LogP contribution < -0.4 is 5.73 Å². The summed E-state index contributed by atoms with van der Waals surface area (Å²) in [6.07, 6.45) is 0. The van der Waals surface area contributed by atoms with Gasteiger partial charge in [-0.2, -0.15) is 0 Å². The maximum atomic E-state index is 11.7. The number of anilines is 1. The van der Waals surface area contributed by atoms with E-state index in [-0.39, 0.29) is 12.6 Å². The molecule has 2 aromatic rings. The Kier molecular flexibility index (Phi) is 3.44. The van der Waals surface area contributed by atoms with Crippen LogP contribution in [0.5, 0.6) is 0 Å². The zero-order valence-electron chi connectivity index (χ0n) is 9.47. The van der Waals surface area contributed by atoms with Crippen molar-refractivity contribution in [3.05, 3.63) is 51.7 Å². The highest BCUT2D eigenvalue weighted by atomic mass is 32.1. The van der Waals surface area contributed by atoms with Crippen molar-refractivity contribution in [2.45, 2.75) is 13.5 Å². The third-order valence-electron chi connectivity index (χ3n) is 2.50. The molecule has 0 aliphatic carbocycles. The van der Waals surface area contributed by atoms with Gasteiger partial charge in [-0.1, -0.05) is 24.3 Å². The molecule has 4 heteroatoms. The van der Waals surface area contributed by atoms with E-state index in [4.69, 9.17) is 10.5 Å². The first-order chi connectivity index (χ1) is 8.18. The van der Waals surface area contributed by atoms with Gasteiger partial charge >= 0.3 is 5.97 Å². The number of carbonyl (C=O) groups excluding carboxylic acids is 1. The number of esters is 1. The van der Waals surface area contributed by atoms with Crippen molar-refractivity contribution in [1.82, 2.24) is 0 Å². The summed E-state index contributed by atoms with van der Waals surface area (Å²) in [5, 5.41) is 1.78. The lowest BCUT2D eigenvalue weighted by Crippen LogP contribution is -2.06. The number of carbonyl (C=O) groups is 1. The lowest BCUT2D eigenvalue weighted by atomic mass is 10.1. The predicted octanol–water partition coefficient (Wildman–Crippen LogP) is 3.00. The minimum absolute atomic E-state index is 0.281. The molecule has 1 aromatic heterocycles. The minimum atomic E-state index is -0.360. The summed E-state index contributed by atoms with van der Waals surface area (Å²) >= 11 is 1.30. The number of aryl methyl sites for hydroxylation is 1. The fraction of sp³-hybridized carbons (Fsp3) is 0.154. The van der Waals surface area contributed by atoms with Crippen LogP contribution >= 0.6 is 11.3 Å². The molecule has 0 bridgehead atoms. The van der Waals surface area contributed by atoms with Crippen molar-refractivity contribution in [3.63, 3.8) is 0 Å². The van der Waals surface area contributed by atoms with Gasteiger partial charge in [0.2, 0.25) is 0 Å². The van der Waals surface area contributed by atoms with Gasteiger partial charge in [0.15, 0.2) is 0 Å². The minimum Gasteiger partial charge on any atom is -0.457 e. The second-order valence-corrected chi connectivity index (χ2v) is 4.62. The fourth-order valence-electron chi connectivity index (χ4n) is 1.47. The van der Waals surface area contributed by atoms with E-state index < -0.39 is 0 Å². The van der Waals surface area contributed by atoms with Crippen LogP contribution in [0.15, 0.2) is 35.7 Å². The third kappa shape index (κ3) is 2.65. The number of hydrogen-bond acceptors (Lipinski definition) is 4. The van der Waals surface area contributed by atoms with Gasteiger partial charge in [-0.25, -0.2) is 4.79 Å². The van der Waals surface area contributed by atoms with E-state index in [0.717, 1.165) is 11.1 Å². The molecule has 1 aromatic carbocycles. The highest BCUT2D eigenvalue weighted by molar-refractivity contribution is 7.12. The smallest absolute Gasteiger partial charge is 0.350 e. The standard InChI is InChI=1S/C13H13NO2S/c1-9-4-2-3-5-10(9)8-16-13(15)12-11(14)6-7-17-12/h2-7H,8,14H2,1H3. The summed E-state index contributed by atoms with van der Waals surface area (Å²) in [7, 11) is 0. The lowest BCUT2D eigenvalue weighted by Gasteiger charge is -2.06. The second-order valence-electron chi connectivity index (χ2n) is 3.71. The predicted molar refractivity (Wildman–Crippen MR) is 69.0 cm³/mol. The van der Waals surface area contributed by atoms with E-state index in [2.05, 4.69) is 0 Å². The maximum absolute atomic E-state index is 11.7. The summed E-state index contributed by atoms with van der Waals surface area (Å²) in [6, 6.07) is 9.52. The molecular weight excluding hydrogens is 234 g/mol. The molecule has 0 unspecified atom stereocenters. The molecule has 0 atom stereocenters. The van der Waals surface area contributed by atoms with Gasteiger partial charge in [0, 0.05) is 0 Å². The Labute approximate surface area is 104 Å². The van der Waals surface area contributed by atoms with Crippen molar-refractivity contribution >= 4 is 23.0 Å². The Morgan fingerprint density at radius 1 is 1.35 bits per heavy atom. The number of nitrogens with two attached hydrogens (primary N) is 1. The quantitative estimate of drug-likeness (QED) is 0.848. The molecule has 88 valence electrons. The van der Waals surface area contributed by atoms with E-state index in [0.29, 0.717) is 10.6 Å². The van der Waals surface area contributed by atoms with Gasteiger partial charge < -0.3 is 10.5 Å². The molecule has 2 rings (SSSR count). The van der Waals surface area contributed by atoms with Crippen LogP contribution in [0.4, 0.5) is 5.69 Å². The summed E-state index contributed by atoms with van der Waals surface area (Å²) in [4.78, 5) is 12.2. The molecule has 0 fully saturated rings. The van der Waals surface area contributed by atoms with E-state index in [9.17, 15) is 4.79 Å². The molecule has 0 amide bonds. The Balaban J connectivity index is 2.02. The normalized spacial score (nSPS) is 10.2. The monoisotopic (exact) mass is 247 g/mol. The van der Waals surface area contributed by atoms with E-state index in [1.54, 1.807) is 11.4 Å². The SMILES string of the molecule is Cc1ccccc1COC(=O)c1sccc1N. The van der Waals surface area contributed by atoms with Gasteiger partial charge in [-0.15, -0.1) is 11.3 Å². The van der Waals surface area contributed by atoms with Crippen LogP contribution in [0.25, 0.3) is 0 Å². The van der Waals surface area contributed by atoms with Gasteiger partial charge in [0.05, 0.1) is 5.69 Å². The number of rotatable bonds is 3. The van der Waals surface area contributed by atoms with E-state index >= 15 is 0 Å². The number of ether oxygens (including phenoxy) is 1. The zero-order chi connectivity index (χ0) is 12.3. The average Bonchev–Trinajstić information content (AvgIpc) is 2.74. The second kappa shape index (κ2) is 5.01. The van der Waals surface area contributed by atoms with Crippen molar-refractivity contribution < 1.29 is 9.53 Å². The molecule has 0 saturated heterocycles. The molecule has 0 saturated carbocycles. The highest BCUT2D eigenvalue weighted by Crippen LogP contribution is 2.20. The Hall–Kier alpha value is -1.81. The number of benzene rings is 1. The summed E-state index contributed by atoms with van der Waals surface area (Å²) < 4.78 is 5.23. The summed E-state index contributed by atoms with van der Waals surface area (Å²) in [5.74, 6) is -0.360. The van der Waals surface area contributed by atoms with Gasteiger partial charge in [-0.05, 0) is 29.5 Å². The molecule has 2 N–H and O–H groups in total. The van der Waals surface area contributed by atoms with Crippen molar-refractivity contribution in [2.75, 3.05) is 5.73 Å². The van der Waals surface area contributed by atoms with E-state index in [1.807, 2.05) is 31.2 Å². The Morgan fingerprint density at radius 3 is 2.76 bits per heavy atom. The average molecular weight is 247 g/mol.